The van der Waals surface area contributed by atoms with Crippen LogP contribution in [-0.2, 0) is 9.59 Å². The zero-order valence-electron chi connectivity index (χ0n) is 10.4. The fraction of sp³-hybridized carbons (Fsp3) is 0.429. The van der Waals surface area contributed by atoms with Crippen LogP contribution in [0.3, 0.4) is 0 Å². The van der Waals surface area contributed by atoms with Crippen LogP contribution < -0.4 is 10.1 Å². The minimum Gasteiger partial charge on any atom is -0.492 e. The van der Waals surface area contributed by atoms with Crippen LogP contribution in [0.2, 0.25) is 0 Å². The molecular formula is C14H15NO4. The van der Waals surface area contributed by atoms with Gasteiger partial charge in [-0.25, -0.2) is 4.79 Å². The van der Waals surface area contributed by atoms with Gasteiger partial charge < -0.3 is 15.2 Å². The average Bonchev–Trinajstić information content (AvgIpc) is 2.77. The molecule has 1 aliphatic carbocycles. The molecule has 1 aromatic rings. The molecule has 1 fully saturated rings. The van der Waals surface area contributed by atoms with Crippen molar-refractivity contribution in [1.82, 2.24) is 5.32 Å². The molecule has 5 heteroatoms. The Morgan fingerprint density at radius 1 is 1.32 bits per heavy atom. The van der Waals surface area contributed by atoms with Gasteiger partial charge in [0.1, 0.15) is 23.8 Å². The lowest BCUT2D eigenvalue weighted by atomic mass is 9.76. The zero-order chi connectivity index (χ0) is 13.5. The normalized spacial score (nSPS) is 22.8. The van der Waals surface area contributed by atoms with E-state index < -0.39 is 17.4 Å². The topological polar surface area (TPSA) is 75.6 Å². The number of para-hydroxylation sites is 1. The summed E-state index contributed by atoms with van der Waals surface area (Å²) in [5.41, 5.74) is -0.228. The van der Waals surface area contributed by atoms with E-state index in [1.165, 1.54) is 0 Å². The van der Waals surface area contributed by atoms with Crippen molar-refractivity contribution in [2.75, 3.05) is 6.61 Å². The van der Waals surface area contributed by atoms with E-state index in [9.17, 15) is 14.7 Å². The van der Waals surface area contributed by atoms with Gasteiger partial charge >= 0.3 is 5.97 Å². The van der Waals surface area contributed by atoms with Gasteiger partial charge in [-0.3, -0.25) is 4.79 Å². The number of hydrogen-bond donors (Lipinski definition) is 2. The van der Waals surface area contributed by atoms with Gasteiger partial charge in [-0.1, -0.05) is 18.2 Å². The van der Waals surface area contributed by atoms with Crippen molar-refractivity contribution >= 4 is 11.9 Å². The van der Waals surface area contributed by atoms with E-state index in [1.54, 1.807) is 0 Å². The number of carbonyl (C=O) groups excluding carboxylic acids is 1. The number of fused-ring (bicyclic) bond motifs is 1. The van der Waals surface area contributed by atoms with Gasteiger partial charge in [-0.2, -0.15) is 0 Å². The molecule has 0 aromatic heterocycles. The van der Waals surface area contributed by atoms with Gasteiger partial charge in [-0.05, 0) is 25.3 Å². The van der Waals surface area contributed by atoms with Crippen LogP contribution in [0.25, 0.3) is 0 Å². The molecule has 0 radical (unpaired) electrons. The molecule has 2 N–H and O–H groups in total. The monoisotopic (exact) mass is 261 g/mol. The first-order chi connectivity index (χ1) is 9.12. The number of rotatable bonds is 3. The first kappa shape index (κ1) is 12.0. The molecule has 0 spiro atoms. The number of carboxylic acids is 1. The minimum absolute atomic E-state index is 0.257. The van der Waals surface area contributed by atoms with Crippen LogP contribution in [0, 0.1) is 0 Å². The van der Waals surface area contributed by atoms with Crippen LogP contribution in [0.15, 0.2) is 24.3 Å². The molecule has 1 heterocycles. The van der Waals surface area contributed by atoms with Crippen molar-refractivity contribution in [3.63, 3.8) is 0 Å². The predicted molar refractivity (Wildman–Crippen MR) is 67.0 cm³/mol. The fourth-order valence-electron chi connectivity index (χ4n) is 2.63. The van der Waals surface area contributed by atoms with Crippen molar-refractivity contribution in [2.24, 2.45) is 0 Å². The second kappa shape index (κ2) is 4.26. The molecule has 2 aliphatic rings. The molecule has 1 aliphatic heterocycles. The summed E-state index contributed by atoms with van der Waals surface area (Å²) in [6, 6.07) is 7.37. The van der Waals surface area contributed by atoms with E-state index in [2.05, 4.69) is 5.32 Å². The lowest BCUT2D eigenvalue weighted by Gasteiger charge is -2.38. The third-order valence-corrected chi connectivity index (χ3v) is 4.00. The predicted octanol–water partition coefficient (Wildman–Crippen LogP) is 1.29. The Hall–Kier alpha value is -2.04. The van der Waals surface area contributed by atoms with E-state index in [1.807, 2.05) is 24.3 Å². The minimum atomic E-state index is -1.06. The molecule has 1 aromatic carbocycles. The first-order valence-corrected chi connectivity index (χ1v) is 6.39. The first-order valence-electron chi connectivity index (χ1n) is 6.39. The highest BCUT2D eigenvalue weighted by molar-refractivity contribution is 5.92. The van der Waals surface area contributed by atoms with Crippen molar-refractivity contribution in [3.05, 3.63) is 29.8 Å². The number of hydrogen-bond acceptors (Lipinski definition) is 3. The molecule has 1 atom stereocenters. The van der Waals surface area contributed by atoms with E-state index in [4.69, 9.17) is 4.74 Å². The fourth-order valence-corrected chi connectivity index (χ4v) is 2.63. The molecular weight excluding hydrogens is 246 g/mol. The summed E-state index contributed by atoms with van der Waals surface area (Å²) in [6.07, 6.45) is 1.84. The molecule has 1 saturated carbocycles. The van der Waals surface area contributed by atoms with E-state index >= 15 is 0 Å². The number of carboxylic acid groups (broad SMARTS) is 1. The second-order valence-electron chi connectivity index (χ2n) is 5.13. The van der Waals surface area contributed by atoms with Crippen molar-refractivity contribution in [3.8, 4) is 5.75 Å². The van der Waals surface area contributed by atoms with E-state index in [0.717, 1.165) is 12.0 Å². The quantitative estimate of drug-likeness (QED) is 0.859. The van der Waals surface area contributed by atoms with Crippen LogP contribution in [-0.4, -0.2) is 29.1 Å². The number of aliphatic carboxylic acids is 1. The van der Waals surface area contributed by atoms with Crippen molar-refractivity contribution in [2.45, 2.75) is 30.7 Å². The lowest BCUT2D eigenvalue weighted by Crippen LogP contribution is -2.60. The highest BCUT2D eigenvalue weighted by atomic mass is 16.5. The Morgan fingerprint density at radius 3 is 2.68 bits per heavy atom. The maximum absolute atomic E-state index is 12.3. The summed E-state index contributed by atoms with van der Waals surface area (Å²) in [6.45, 7) is 0.279. The molecule has 3 rings (SSSR count). The third kappa shape index (κ3) is 1.85. The maximum atomic E-state index is 12.3. The summed E-state index contributed by atoms with van der Waals surface area (Å²) >= 11 is 0. The zero-order valence-corrected chi connectivity index (χ0v) is 10.4. The standard InChI is InChI=1S/C14H15NO4/c16-12(15-14(13(17)18)6-3-7-14)10-8-19-11-5-2-1-4-9(10)11/h1-2,4-5,10H,3,6-8H2,(H,15,16)(H,17,18)/t10-/m0/s1. The lowest BCUT2D eigenvalue weighted by molar-refractivity contribution is -0.152. The molecule has 0 saturated heterocycles. The maximum Gasteiger partial charge on any atom is 0.329 e. The Morgan fingerprint density at radius 2 is 2.05 bits per heavy atom. The smallest absolute Gasteiger partial charge is 0.329 e. The number of amides is 1. The van der Waals surface area contributed by atoms with Crippen molar-refractivity contribution < 1.29 is 19.4 Å². The summed E-state index contributed by atoms with van der Waals surface area (Å²) in [4.78, 5) is 23.5. The third-order valence-electron chi connectivity index (χ3n) is 4.00. The summed E-state index contributed by atoms with van der Waals surface area (Å²) < 4.78 is 5.45. The van der Waals surface area contributed by atoms with E-state index in [0.29, 0.717) is 18.6 Å². The number of benzene rings is 1. The Bertz CT molecular complexity index is 536. The summed E-state index contributed by atoms with van der Waals surface area (Å²) in [5.74, 6) is -0.903. The van der Waals surface area contributed by atoms with Gasteiger partial charge in [-0.15, -0.1) is 0 Å². The largest absolute Gasteiger partial charge is 0.492 e. The van der Waals surface area contributed by atoms with Crippen LogP contribution in [0.1, 0.15) is 30.7 Å². The highest BCUT2D eigenvalue weighted by Gasteiger charge is 2.47. The van der Waals surface area contributed by atoms with Crippen LogP contribution in [0.5, 0.6) is 5.75 Å². The molecule has 0 unspecified atom stereocenters. The van der Waals surface area contributed by atoms with Gasteiger partial charge in [0.25, 0.3) is 0 Å². The summed E-state index contributed by atoms with van der Waals surface area (Å²) in [7, 11) is 0. The van der Waals surface area contributed by atoms with Gasteiger partial charge in [0.05, 0.1) is 0 Å². The van der Waals surface area contributed by atoms with Gasteiger partial charge in [0.15, 0.2) is 0 Å². The molecule has 5 nitrogen and oxygen atoms in total. The number of nitrogens with one attached hydrogen (secondary N) is 1. The second-order valence-corrected chi connectivity index (χ2v) is 5.13. The van der Waals surface area contributed by atoms with Gasteiger partial charge in [0, 0.05) is 5.56 Å². The van der Waals surface area contributed by atoms with Gasteiger partial charge in [0.2, 0.25) is 5.91 Å². The number of carbonyl (C=O) groups is 2. The molecule has 1 amide bonds. The average molecular weight is 261 g/mol. The van der Waals surface area contributed by atoms with Crippen LogP contribution in [0.4, 0.5) is 0 Å². The number of ether oxygens (including phenoxy) is 1. The highest BCUT2D eigenvalue weighted by Crippen LogP contribution is 2.36. The SMILES string of the molecule is O=C(NC1(C(=O)O)CCC1)[C@H]1COc2ccccc21. The van der Waals surface area contributed by atoms with E-state index in [-0.39, 0.29) is 12.5 Å². The van der Waals surface area contributed by atoms with Crippen LogP contribution >= 0.6 is 0 Å². The molecule has 100 valence electrons. The molecule has 0 bridgehead atoms. The molecule has 19 heavy (non-hydrogen) atoms. The Labute approximate surface area is 110 Å². The Kier molecular flexibility index (Phi) is 2.69. The summed E-state index contributed by atoms with van der Waals surface area (Å²) in [5, 5.41) is 11.9. The Balaban J connectivity index is 1.77. The van der Waals surface area contributed by atoms with Crippen molar-refractivity contribution in [1.29, 1.82) is 0 Å².